The molecule has 0 bridgehead atoms. The molecule has 25 heavy (non-hydrogen) atoms. The lowest BCUT2D eigenvalue weighted by atomic mass is 10.2. The maximum atomic E-state index is 5.49. The quantitative estimate of drug-likeness (QED) is 0.655. The number of nitrogens with zero attached hydrogens (tertiary/aromatic N) is 3. The molecule has 0 amide bonds. The summed E-state index contributed by atoms with van der Waals surface area (Å²) in [6.45, 7) is 1.59. The minimum atomic E-state index is 0.619. The van der Waals surface area contributed by atoms with Gasteiger partial charge in [-0.2, -0.15) is 4.98 Å². The Balaban J connectivity index is 1.46. The number of benzene rings is 2. The van der Waals surface area contributed by atoms with Gasteiger partial charge in [-0.3, -0.25) is 4.90 Å². The van der Waals surface area contributed by atoms with Crippen LogP contribution in [-0.2, 0) is 13.1 Å². The molecule has 1 aliphatic rings. The predicted octanol–water partition coefficient (Wildman–Crippen LogP) is 3.91. The van der Waals surface area contributed by atoms with Crippen molar-refractivity contribution in [3.63, 3.8) is 0 Å². The van der Waals surface area contributed by atoms with Crippen LogP contribution in [0.15, 0.2) is 59.1 Å². The van der Waals surface area contributed by atoms with E-state index in [0.29, 0.717) is 24.3 Å². The molecule has 0 radical (unpaired) electrons. The van der Waals surface area contributed by atoms with Gasteiger partial charge in [0, 0.05) is 18.2 Å². The number of hydrogen-bond acceptors (Lipinski definition) is 5. The van der Waals surface area contributed by atoms with Crippen molar-refractivity contribution in [3.05, 3.63) is 66.1 Å². The van der Waals surface area contributed by atoms with Gasteiger partial charge in [-0.15, -0.1) is 0 Å². The van der Waals surface area contributed by atoms with E-state index in [0.717, 1.165) is 17.9 Å². The Kier molecular flexibility index (Phi) is 4.48. The van der Waals surface area contributed by atoms with Crippen molar-refractivity contribution >= 4 is 0 Å². The standard InChI is InChI=1S/C20H21N3O2/c1-24-18-11-7-16(8-12-18)20-21-19(25-22-20)14-23(17-9-10-17)13-15-5-3-2-4-6-15/h2-8,11-12,17H,9-10,13-14H2,1H3. The summed E-state index contributed by atoms with van der Waals surface area (Å²) in [7, 11) is 1.65. The van der Waals surface area contributed by atoms with Gasteiger partial charge in [-0.05, 0) is 42.7 Å². The second-order valence-corrected chi connectivity index (χ2v) is 6.36. The molecule has 5 heteroatoms. The van der Waals surface area contributed by atoms with E-state index < -0.39 is 0 Å². The van der Waals surface area contributed by atoms with E-state index in [-0.39, 0.29) is 0 Å². The van der Waals surface area contributed by atoms with Crippen molar-refractivity contribution in [2.24, 2.45) is 0 Å². The van der Waals surface area contributed by atoms with Gasteiger partial charge in [0.25, 0.3) is 0 Å². The Labute approximate surface area is 147 Å². The van der Waals surface area contributed by atoms with E-state index in [4.69, 9.17) is 9.26 Å². The van der Waals surface area contributed by atoms with Crippen LogP contribution in [0, 0.1) is 0 Å². The van der Waals surface area contributed by atoms with Crippen LogP contribution in [0.2, 0.25) is 0 Å². The lowest BCUT2D eigenvalue weighted by Gasteiger charge is -2.19. The van der Waals surface area contributed by atoms with Crippen LogP contribution in [0.3, 0.4) is 0 Å². The fourth-order valence-corrected chi connectivity index (χ4v) is 2.92. The first-order chi connectivity index (χ1) is 12.3. The number of aromatic nitrogens is 2. The molecule has 3 aromatic rings. The third kappa shape index (κ3) is 3.88. The summed E-state index contributed by atoms with van der Waals surface area (Å²) in [4.78, 5) is 6.98. The molecule has 0 spiro atoms. The molecule has 2 aromatic carbocycles. The van der Waals surface area contributed by atoms with Crippen molar-refractivity contribution in [1.29, 1.82) is 0 Å². The Hall–Kier alpha value is -2.66. The summed E-state index contributed by atoms with van der Waals surface area (Å²) in [6, 6.07) is 18.8. The molecule has 1 fully saturated rings. The molecule has 0 atom stereocenters. The molecule has 1 aromatic heterocycles. The van der Waals surface area contributed by atoms with Gasteiger partial charge in [-0.25, -0.2) is 0 Å². The molecular weight excluding hydrogens is 314 g/mol. The summed E-state index contributed by atoms with van der Waals surface area (Å²) in [5, 5.41) is 4.13. The lowest BCUT2D eigenvalue weighted by Crippen LogP contribution is -2.25. The molecule has 0 unspecified atom stereocenters. The van der Waals surface area contributed by atoms with Gasteiger partial charge in [0.1, 0.15) is 5.75 Å². The highest BCUT2D eigenvalue weighted by Gasteiger charge is 2.30. The first kappa shape index (κ1) is 15.8. The molecule has 1 heterocycles. The third-order valence-corrected chi connectivity index (χ3v) is 4.45. The predicted molar refractivity (Wildman–Crippen MR) is 95.0 cm³/mol. The van der Waals surface area contributed by atoms with Crippen molar-refractivity contribution in [2.75, 3.05) is 7.11 Å². The van der Waals surface area contributed by atoms with Crippen LogP contribution in [0.1, 0.15) is 24.3 Å². The number of methoxy groups -OCH3 is 1. The Morgan fingerprint density at radius 3 is 2.48 bits per heavy atom. The molecular formula is C20H21N3O2. The van der Waals surface area contributed by atoms with Crippen LogP contribution in [0.4, 0.5) is 0 Å². The van der Waals surface area contributed by atoms with E-state index in [1.54, 1.807) is 7.11 Å². The first-order valence-electron chi connectivity index (χ1n) is 8.57. The molecule has 5 nitrogen and oxygen atoms in total. The lowest BCUT2D eigenvalue weighted by molar-refractivity contribution is 0.209. The monoisotopic (exact) mass is 335 g/mol. The highest BCUT2D eigenvalue weighted by Crippen LogP contribution is 2.30. The zero-order valence-corrected chi connectivity index (χ0v) is 14.3. The largest absolute Gasteiger partial charge is 0.497 e. The number of rotatable bonds is 7. The molecule has 128 valence electrons. The van der Waals surface area contributed by atoms with Crippen molar-refractivity contribution in [1.82, 2.24) is 15.0 Å². The van der Waals surface area contributed by atoms with E-state index >= 15 is 0 Å². The third-order valence-electron chi connectivity index (χ3n) is 4.45. The van der Waals surface area contributed by atoms with Gasteiger partial charge >= 0.3 is 0 Å². The van der Waals surface area contributed by atoms with Crippen molar-refractivity contribution < 1.29 is 9.26 Å². The summed E-state index contributed by atoms with van der Waals surface area (Å²) >= 11 is 0. The maximum absolute atomic E-state index is 5.49. The van der Waals surface area contributed by atoms with Crippen molar-refractivity contribution in [3.8, 4) is 17.1 Å². The van der Waals surface area contributed by atoms with Gasteiger partial charge < -0.3 is 9.26 Å². The minimum absolute atomic E-state index is 0.619. The van der Waals surface area contributed by atoms with E-state index in [9.17, 15) is 0 Å². The second kappa shape index (κ2) is 7.07. The average molecular weight is 335 g/mol. The normalized spacial score (nSPS) is 14.0. The van der Waals surface area contributed by atoms with Crippen LogP contribution >= 0.6 is 0 Å². The fraction of sp³-hybridized carbons (Fsp3) is 0.300. The summed E-state index contributed by atoms with van der Waals surface area (Å²) in [6.07, 6.45) is 2.48. The zero-order valence-electron chi connectivity index (χ0n) is 14.3. The molecule has 1 saturated carbocycles. The Morgan fingerprint density at radius 2 is 1.80 bits per heavy atom. The van der Waals surface area contributed by atoms with E-state index in [1.165, 1.54) is 18.4 Å². The highest BCUT2D eigenvalue weighted by atomic mass is 16.5. The zero-order chi connectivity index (χ0) is 17.1. The second-order valence-electron chi connectivity index (χ2n) is 6.36. The topological polar surface area (TPSA) is 51.4 Å². The summed E-state index contributed by atoms with van der Waals surface area (Å²) in [5.74, 6) is 2.09. The molecule has 0 saturated heterocycles. The van der Waals surface area contributed by atoms with E-state index in [1.807, 2.05) is 30.3 Å². The fourth-order valence-electron chi connectivity index (χ4n) is 2.92. The van der Waals surface area contributed by atoms with Gasteiger partial charge in [0.15, 0.2) is 0 Å². The maximum Gasteiger partial charge on any atom is 0.241 e. The van der Waals surface area contributed by atoms with E-state index in [2.05, 4.69) is 39.3 Å². The van der Waals surface area contributed by atoms with Crippen molar-refractivity contribution in [2.45, 2.75) is 32.0 Å². The van der Waals surface area contributed by atoms with Gasteiger partial charge in [-0.1, -0.05) is 35.5 Å². The molecule has 1 aliphatic carbocycles. The Morgan fingerprint density at radius 1 is 1.04 bits per heavy atom. The first-order valence-corrected chi connectivity index (χ1v) is 8.57. The van der Waals surface area contributed by atoms with Crippen LogP contribution < -0.4 is 4.74 Å². The van der Waals surface area contributed by atoms with Crippen LogP contribution in [-0.4, -0.2) is 28.2 Å². The van der Waals surface area contributed by atoms with Crippen LogP contribution in [0.5, 0.6) is 5.75 Å². The minimum Gasteiger partial charge on any atom is -0.497 e. The smallest absolute Gasteiger partial charge is 0.241 e. The highest BCUT2D eigenvalue weighted by molar-refractivity contribution is 5.55. The van der Waals surface area contributed by atoms with Gasteiger partial charge in [0.2, 0.25) is 11.7 Å². The summed E-state index contributed by atoms with van der Waals surface area (Å²) < 4.78 is 10.7. The molecule has 4 rings (SSSR count). The average Bonchev–Trinajstić information content (AvgIpc) is 3.41. The molecule has 0 aliphatic heterocycles. The molecule has 0 N–H and O–H groups in total. The summed E-state index contributed by atoms with van der Waals surface area (Å²) in [5.41, 5.74) is 2.24. The number of hydrogen-bond donors (Lipinski definition) is 0. The van der Waals surface area contributed by atoms with Crippen LogP contribution in [0.25, 0.3) is 11.4 Å². The SMILES string of the molecule is COc1ccc(-c2noc(CN(Cc3ccccc3)C3CC3)n2)cc1. The van der Waals surface area contributed by atoms with Gasteiger partial charge in [0.05, 0.1) is 13.7 Å². The number of ether oxygens (including phenoxy) is 1. The Bertz CT molecular complexity index is 810.